The van der Waals surface area contributed by atoms with E-state index in [4.69, 9.17) is 4.74 Å². The van der Waals surface area contributed by atoms with Crippen molar-refractivity contribution in [3.8, 4) is 0 Å². The molecule has 16 heavy (non-hydrogen) atoms. The smallest absolute Gasteiger partial charge is 0.225 e. The summed E-state index contributed by atoms with van der Waals surface area (Å²) >= 11 is 0. The molecule has 2 aliphatic rings. The van der Waals surface area contributed by atoms with Gasteiger partial charge in [0.2, 0.25) is 5.91 Å². The Hall–Kier alpha value is -0.610. The summed E-state index contributed by atoms with van der Waals surface area (Å²) in [5.41, 5.74) is 0. The largest absolute Gasteiger partial charge is 0.381 e. The second-order valence-corrected chi connectivity index (χ2v) is 4.78. The maximum Gasteiger partial charge on any atom is 0.225 e. The molecule has 1 N–H and O–H groups in total. The van der Waals surface area contributed by atoms with Crippen molar-refractivity contribution in [2.75, 3.05) is 33.3 Å². The van der Waals surface area contributed by atoms with Gasteiger partial charge in [0, 0.05) is 26.1 Å². The average Bonchev–Trinajstić information content (AvgIpc) is 2.39. The molecule has 2 rings (SSSR count). The van der Waals surface area contributed by atoms with E-state index in [0.717, 1.165) is 51.9 Å². The second kappa shape index (κ2) is 5.64. The highest BCUT2D eigenvalue weighted by molar-refractivity contribution is 5.79. The normalized spacial score (nSPS) is 24.7. The number of likely N-dealkylation sites (tertiary alicyclic amines) is 1. The number of nitrogens with zero attached hydrogens (tertiary/aromatic N) is 1. The molecule has 0 saturated carbocycles. The van der Waals surface area contributed by atoms with E-state index in [9.17, 15) is 4.79 Å². The van der Waals surface area contributed by atoms with Crippen LogP contribution < -0.4 is 5.32 Å². The van der Waals surface area contributed by atoms with Gasteiger partial charge in [-0.05, 0) is 38.8 Å². The van der Waals surface area contributed by atoms with Crippen LogP contribution in [0.3, 0.4) is 0 Å². The van der Waals surface area contributed by atoms with Crippen molar-refractivity contribution in [3.05, 3.63) is 0 Å². The number of ether oxygens (including phenoxy) is 1. The molecule has 2 saturated heterocycles. The van der Waals surface area contributed by atoms with E-state index in [2.05, 4.69) is 5.32 Å². The molecule has 0 radical (unpaired) electrons. The van der Waals surface area contributed by atoms with Crippen molar-refractivity contribution in [2.24, 2.45) is 5.92 Å². The molecule has 1 amide bonds. The van der Waals surface area contributed by atoms with E-state index in [1.807, 2.05) is 4.90 Å². The molecule has 0 bridgehead atoms. The van der Waals surface area contributed by atoms with Crippen molar-refractivity contribution in [3.63, 3.8) is 0 Å². The molecule has 92 valence electrons. The number of carbonyl (C=O) groups is 1. The predicted molar refractivity (Wildman–Crippen MR) is 62.2 cm³/mol. The summed E-state index contributed by atoms with van der Waals surface area (Å²) in [5, 5.41) is 3.30. The zero-order valence-corrected chi connectivity index (χ0v) is 10.1. The van der Waals surface area contributed by atoms with Gasteiger partial charge in [-0.2, -0.15) is 0 Å². The Morgan fingerprint density at radius 1 is 1.19 bits per heavy atom. The van der Waals surface area contributed by atoms with Gasteiger partial charge in [0.05, 0.1) is 6.10 Å². The van der Waals surface area contributed by atoms with E-state index in [1.54, 1.807) is 7.11 Å². The molecule has 4 nitrogen and oxygen atoms in total. The molecule has 0 aromatic rings. The van der Waals surface area contributed by atoms with Crippen molar-refractivity contribution >= 4 is 5.91 Å². The Labute approximate surface area is 97.3 Å². The molecule has 2 heterocycles. The first kappa shape index (κ1) is 11.9. The van der Waals surface area contributed by atoms with Crippen LogP contribution in [0.2, 0.25) is 0 Å². The van der Waals surface area contributed by atoms with E-state index >= 15 is 0 Å². The fourth-order valence-corrected chi connectivity index (χ4v) is 2.64. The number of carbonyl (C=O) groups excluding carboxylic acids is 1. The Bertz CT molecular complexity index is 231. The average molecular weight is 226 g/mol. The monoisotopic (exact) mass is 226 g/mol. The molecule has 0 atom stereocenters. The molecule has 0 aromatic carbocycles. The third-order valence-corrected chi connectivity index (χ3v) is 3.78. The number of hydrogen-bond donors (Lipinski definition) is 1. The summed E-state index contributed by atoms with van der Waals surface area (Å²) in [4.78, 5) is 14.2. The van der Waals surface area contributed by atoms with E-state index in [-0.39, 0.29) is 5.92 Å². The summed E-state index contributed by atoms with van der Waals surface area (Å²) in [6.07, 6.45) is 4.35. The number of nitrogens with one attached hydrogen (secondary N) is 1. The SMILES string of the molecule is COC1CCN(C(=O)C2CCNCC2)CC1. The van der Waals surface area contributed by atoms with Crippen LogP contribution in [0.15, 0.2) is 0 Å². The van der Waals surface area contributed by atoms with Gasteiger partial charge in [0.1, 0.15) is 0 Å². The van der Waals surface area contributed by atoms with E-state index in [1.165, 1.54) is 0 Å². The van der Waals surface area contributed by atoms with E-state index in [0.29, 0.717) is 12.0 Å². The van der Waals surface area contributed by atoms with Gasteiger partial charge < -0.3 is 15.0 Å². The molecule has 0 unspecified atom stereocenters. The first-order chi connectivity index (χ1) is 7.81. The quantitative estimate of drug-likeness (QED) is 0.750. The lowest BCUT2D eigenvalue weighted by molar-refractivity contribution is -0.138. The van der Waals surface area contributed by atoms with Gasteiger partial charge in [-0.1, -0.05) is 0 Å². The summed E-state index contributed by atoms with van der Waals surface area (Å²) in [6, 6.07) is 0. The van der Waals surface area contributed by atoms with Gasteiger partial charge in [-0.3, -0.25) is 4.79 Å². The third kappa shape index (κ3) is 2.74. The minimum Gasteiger partial charge on any atom is -0.381 e. The summed E-state index contributed by atoms with van der Waals surface area (Å²) in [7, 11) is 1.76. The van der Waals surface area contributed by atoms with Crippen LogP contribution in [0.5, 0.6) is 0 Å². The number of amides is 1. The Morgan fingerprint density at radius 3 is 2.38 bits per heavy atom. The van der Waals surface area contributed by atoms with Gasteiger partial charge in [0.25, 0.3) is 0 Å². The number of piperidine rings is 2. The van der Waals surface area contributed by atoms with Crippen LogP contribution in [-0.4, -0.2) is 50.2 Å². The van der Waals surface area contributed by atoms with Crippen LogP contribution in [0.1, 0.15) is 25.7 Å². The maximum absolute atomic E-state index is 12.2. The first-order valence-electron chi connectivity index (χ1n) is 6.33. The first-order valence-corrected chi connectivity index (χ1v) is 6.33. The van der Waals surface area contributed by atoms with Gasteiger partial charge in [0.15, 0.2) is 0 Å². The van der Waals surface area contributed by atoms with Crippen molar-refractivity contribution in [2.45, 2.75) is 31.8 Å². The maximum atomic E-state index is 12.2. The van der Waals surface area contributed by atoms with Crippen LogP contribution >= 0.6 is 0 Å². The van der Waals surface area contributed by atoms with Gasteiger partial charge in [-0.25, -0.2) is 0 Å². The molecule has 4 heteroatoms. The number of hydrogen-bond acceptors (Lipinski definition) is 3. The number of methoxy groups -OCH3 is 1. The summed E-state index contributed by atoms with van der Waals surface area (Å²) in [5.74, 6) is 0.636. The third-order valence-electron chi connectivity index (χ3n) is 3.78. The summed E-state index contributed by atoms with van der Waals surface area (Å²) in [6.45, 7) is 3.73. The predicted octanol–water partition coefficient (Wildman–Crippen LogP) is 0.623. The minimum atomic E-state index is 0.264. The van der Waals surface area contributed by atoms with Crippen molar-refractivity contribution in [1.29, 1.82) is 0 Å². The molecule has 0 spiro atoms. The fraction of sp³-hybridized carbons (Fsp3) is 0.917. The molecular formula is C12H22N2O2. The van der Waals surface area contributed by atoms with Gasteiger partial charge in [-0.15, -0.1) is 0 Å². The van der Waals surface area contributed by atoms with Gasteiger partial charge >= 0.3 is 0 Å². The topological polar surface area (TPSA) is 41.6 Å². The highest BCUT2D eigenvalue weighted by atomic mass is 16.5. The highest BCUT2D eigenvalue weighted by Gasteiger charge is 2.28. The molecular weight excluding hydrogens is 204 g/mol. The molecule has 2 aliphatic heterocycles. The van der Waals surface area contributed by atoms with Crippen LogP contribution in [0, 0.1) is 5.92 Å². The summed E-state index contributed by atoms with van der Waals surface area (Å²) < 4.78 is 5.32. The lowest BCUT2D eigenvalue weighted by Crippen LogP contribution is -2.45. The van der Waals surface area contributed by atoms with Crippen molar-refractivity contribution < 1.29 is 9.53 Å². The van der Waals surface area contributed by atoms with Crippen molar-refractivity contribution in [1.82, 2.24) is 10.2 Å². The van der Waals surface area contributed by atoms with Crippen LogP contribution in [0.25, 0.3) is 0 Å². The lowest BCUT2D eigenvalue weighted by Gasteiger charge is -2.34. The van der Waals surface area contributed by atoms with E-state index < -0.39 is 0 Å². The fourth-order valence-electron chi connectivity index (χ4n) is 2.64. The Balaban J connectivity index is 1.81. The molecule has 0 aromatic heterocycles. The lowest BCUT2D eigenvalue weighted by atomic mass is 9.95. The highest BCUT2D eigenvalue weighted by Crippen LogP contribution is 2.19. The Kier molecular flexibility index (Phi) is 4.18. The zero-order chi connectivity index (χ0) is 11.4. The standard InChI is InChI=1S/C12H22N2O2/c1-16-11-4-8-14(9-5-11)12(15)10-2-6-13-7-3-10/h10-11,13H,2-9H2,1H3. The minimum absolute atomic E-state index is 0.264. The second-order valence-electron chi connectivity index (χ2n) is 4.78. The zero-order valence-electron chi connectivity index (χ0n) is 10.1. The van der Waals surface area contributed by atoms with Crippen LogP contribution in [-0.2, 0) is 9.53 Å². The van der Waals surface area contributed by atoms with Crippen LogP contribution in [0.4, 0.5) is 0 Å². The molecule has 0 aliphatic carbocycles. The Morgan fingerprint density at radius 2 is 1.81 bits per heavy atom. The molecule has 2 fully saturated rings. The number of rotatable bonds is 2.